The molecule has 1 fully saturated rings. The van der Waals surface area contributed by atoms with Crippen LogP contribution in [0, 0.1) is 29.1 Å². The number of nitriles is 1. The molecule has 150 valence electrons. The van der Waals surface area contributed by atoms with Gasteiger partial charge in [0.25, 0.3) is 0 Å². The molecule has 0 aromatic heterocycles. The molecule has 0 radical (unpaired) electrons. The molecule has 4 atom stereocenters. The maximum Gasteiger partial charge on any atom is 0.303 e. The minimum absolute atomic E-state index is 0.0945. The number of Topliss-reactive ketones (excluding diaryl/α,β-unsaturated/α-hetero) is 1. The maximum atomic E-state index is 12.3. The van der Waals surface area contributed by atoms with Crippen LogP contribution in [0.25, 0.3) is 0 Å². The van der Waals surface area contributed by atoms with E-state index >= 15 is 0 Å². The third kappa shape index (κ3) is 8.53. The first-order valence-corrected chi connectivity index (χ1v) is 10.0. The third-order valence-electron chi connectivity index (χ3n) is 5.21. The van der Waals surface area contributed by atoms with Crippen molar-refractivity contribution >= 4 is 11.8 Å². The van der Waals surface area contributed by atoms with Crippen molar-refractivity contribution in [3.8, 4) is 6.07 Å². The molecule has 27 heavy (non-hydrogen) atoms. The number of aliphatic carboxylic acids is 1. The second-order valence-corrected chi connectivity index (χ2v) is 7.76. The number of allylic oxidation sites excluding steroid dienone is 3. The van der Waals surface area contributed by atoms with Crippen molar-refractivity contribution < 1.29 is 19.8 Å². The highest BCUT2D eigenvalue weighted by molar-refractivity contribution is 5.85. The Balaban J connectivity index is 2.68. The molecule has 0 aliphatic heterocycles. The predicted molar refractivity (Wildman–Crippen MR) is 105 cm³/mol. The molecule has 0 amide bonds. The predicted octanol–water partition coefficient (Wildman–Crippen LogP) is 4.42. The first-order valence-electron chi connectivity index (χ1n) is 10.0. The van der Waals surface area contributed by atoms with E-state index in [0.29, 0.717) is 25.7 Å². The van der Waals surface area contributed by atoms with Crippen molar-refractivity contribution in [2.75, 3.05) is 0 Å². The second kappa shape index (κ2) is 11.7. The van der Waals surface area contributed by atoms with Crippen LogP contribution < -0.4 is 0 Å². The monoisotopic (exact) mass is 375 g/mol. The van der Waals surface area contributed by atoms with Gasteiger partial charge in [0.05, 0.1) is 17.6 Å². The van der Waals surface area contributed by atoms with Crippen molar-refractivity contribution in [3.63, 3.8) is 0 Å². The fraction of sp³-hybridized carbons (Fsp3) is 0.682. The van der Waals surface area contributed by atoms with E-state index < -0.39 is 11.6 Å². The molecule has 0 heterocycles. The largest absolute Gasteiger partial charge is 0.481 e. The summed E-state index contributed by atoms with van der Waals surface area (Å²) in [6, 6.07) is 2.24. The summed E-state index contributed by atoms with van der Waals surface area (Å²) >= 11 is 0. The van der Waals surface area contributed by atoms with Crippen molar-refractivity contribution in [1.29, 1.82) is 5.26 Å². The summed E-state index contributed by atoms with van der Waals surface area (Å²) in [5, 5.41) is 28.5. The van der Waals surface area contributed by atoms with Crippen molar-refractivity contribution in [3.05, 3.63) is 24.3 Å². The average molecular weight is 376 g/mol. The zero-order valence-corrected chi connectivity index (χ0v) is 16.6. The summed E-state index contributed by atoms with van der Waals surface area (Å²) in [6.45, 7) is 3.89. The third-order valence-corrected chi connectivity index (χ3v) is 5.21. The van der Waals surface area contributed by atoms with E-state index in [2.05, 4.69) is 13.0 Å². The standard InChI is InChI=1S/C22H33NO4/c1-3-4-9-13-22(2,27)14-12-18-17(16-23)15-20(24)19(18)10-7-5-6-8-11-21(25)26/h5,7,12,14,17-19,27H,3-4,6,8-11,13,15H2,1-2H3,(H,25,26)/t17-,18?,19?,22?/m0/s1. The number of aliphatic hydroxyl groups is 1. The highest BCUT2D eigenvalue weighted by Gasteiger charge is 2.40. The Morgan fingerprint density at radius 2 is 2.07 bits per heavy atom. The summed E-state index contributed by atoms with van der Waals surface area (Å²) in [4.78, 5) is 22.8. The minimum atomic E-state index is -0.919. The number of hydrogen-bond donors (Lipinski definition) is 2. The number of carboxylic acid groups (broad SMARTS) is 1. The molecule has 5 heteroatoms. The molecule has 1 saturated carbocycles. The summed E-state index contributed by atoms with van der Waals surface area (Å²) < 4.78 is 0. The Kier molecular flexibility index (Phi) is 10.0. The van der Waals surface area contributed by atoms with Gasteiger partial charge in [0.15, 0.2) is 0 Å². The molecule has 1 aliphatic carbocycles. The SMILES string of the molecule is CCCCCC(C)(O)C=CC1C(CC=CCCCC(=O)O)C(=O)C[C@H]1C#N. The fourth-order valence-electron chi connectivity index (χ4n) is 3.55. The molecule has 5 nitrogen and oxygen atoms in total. The quantitative estimate of drug-likeness (QED) is 0.388. The molecule has 0 saturated heterocycles. The van der Waals surface area contributed by atoms with E-state index in [9.17, 15) is 20.0 Å². The zero-order chi connectivity index (χ0) is 20.3. The number of nitrogens with zero attached hydrogens (tertiary/aromatic N) is 1. The van der Waals surface area contributed by atoms with Gasteiger partial charge in [0.2, 0.25) is 0 Å². The number of carbonyl (C=O) groups is 2. The van der Waals surface area contributed by atoms with Crippen LogP contribution in [0.3, 0.4) is 0 Å². The highest BCUT2D eigenvalue weighted by Crippen LogP contribution is 2.38. The molecular formula is C22H33NO4. The first kappa shape index (κ1) is 23.1. The van der Waals surface area contributed by atoms with Crippen LogP contribution in [0.4, 0.5) is 0 Å². The van der Waals surface area contributed by atoms with E-state index in [1.165, 1.54) is 0 Å². The van der Waals surface area contributed by atoms with Crippen molar-refractivity contribution in [1.82, 2.24) is 0 Å². The lowest BCUT2D eigenvalue weighted by Crippen LogP contribution is -2.22. The smallest absolute Gasteiger partial charge is 0.303 e. The van der Waals surface area contributed by atoms with Gasteiger partial charge in [-0.3, -0.25) is 9.59 Å². The van der Waals surface area contributed by atoms with Crippen LogP contribution in [-0.4, -0.2) is 27.6 Å². The molecule has 1 rings (SSSR count). The van der Waals surface area contributed by atoms with Crippen molar-refractivity contribution in [2.24, 2.45) is 17.8 Å². The number of carbonyl (C=O) groups excluding carboxylic acids is 1. The Labute approximate surface area is 162 Å². The van der Waals surface area contributed by atoms with Crippen molar-refractivity contribution in [2.45, 2.75) is 77.2 Å². The van der Waals surface area contributed by atoms with Gasteiger partial charge in [0.1, 0.15) is 5.78 Å². The molecule has 2 N–H and O–H groups in total. The van der Waals surface area contributed by atoms with Gasteiger partial charge < -0.3 is 10.2 Å². The summed E-state index contributed by atoms with van der Waals surface area (Å²) in [7, 11) is 0. The van der Waals surface area contributed by atoms with Gasteiger partial charge in [-0.1, -0.05) is 50.5 Å². The minimum Gasteiger partial charge on any atom is -0.481 e. The van der Waals surface area contributed by atoms with Crippen LogP contribution in [0.15, 0.2) is 24.3 Å². The lowest BCUT2D eigenvalue weighted by Gasteiger charge is -2.21. The summed E-state index contributed by atoms with van der Waals surface area (Å²) in [6.07, 6.45) is 13.5. The van der Waals surface area contributed by atoms with E-state index in [0.717, 1.165) is 19.3 Å². The summed E-state index contributed by atoms with van der Waals surface area (Å²) in [5.74, 6) is -1.47. The van der Waals surface area contributed by atoms with Gasteiger partial charge in [0, 0.05) is 24.7 Å². The van der Waals surface area contributed by atoms with E-state index in [-0.39, 0.29) is 36.4 Å². The Morgan fingerprint density at radius 1 is 1.33 bits per heavy atom. The lowest BCUT2D eigenvalue weighted by atomic mass is 9.85. The number of ketones is 1. The number of unbranched alkanes of at least 4 members (excludes halogenated alkanes) is 3. The van der Waals surface area contributed by atoms with Crippen LogP contribution in [0.1, 0.15) is 71.6 Å². The normalized spacial score (nSPS) is 25.1. The highest BCUT2D eigenvalue weighted by atomic mass is 16.4. The van der Waals surface area contributed by atoms with Gasteiger partial charge in [-0.2, -0.15) is 5.26 Å². The number of hydrogen-bond acceptors (Lipinski definition) is 4. The van der Waals surface area contributed by atoms with Gasteiger partial charge in [-0.25, -0.2) is 0 Å². The lowest BCUT2D eigenvalue weighted by molar-refractivity contribution is -0.137. The van der Waals surface area contributed by atoms with Gasteiger partial charge in [-0.15, -0.1) is 0 Å². The van der Waals surface area contributed by atoms with E-state index in [1.807, 2.05) is 18.2 Å². The molecule has 0 aromatic carbocycles. The van der Waals surface area contributed by atoms with Crippen LogP contribution >= 0.6 is 0 Å². The summed E-state index contributed by atoms with van der Waals surface area (Å²) in [5.41, 5.74) is -0.919. The van der Waals surface area contributed by atoms with Crippen LogP contribution in [-0.2, 0) is 9.59 Å². The molecule has 0 aromatic rings. The molecular weight excluding hydrogens is 342 g/mol. The molecule has 0 spiro atoms. The second-order valence-electron chi connectivity index (χ2n) is 7.76. The topological polar surface area (TPSA) is 98.4 Å². The number of rotatable bonds is 12. The van der Waals surface area contributed by atoms with Gasteiger partial charge >= 0.3 is 5.97 Å². The first-order chi connectivity index (χ1) is 12.8. The van der Waals surface area contributed by atoms with Gasteiger partial charge in [-0.05, 0) is 32.6 Å². The Bertz CT molecular complexity index is 586. The Morgan fingerprint density at radius 3 is 2.70 bits per heavy atom. The maximum absolute atomic E-state index is 12.3. The van der Waals surface area contributed by atoms with E-state index in [1.54, 1.807) is 13.0 Å². The fourth-order valence-corrected chi connectivity index (χ4v) is 3.55. The molecule has 3 unspecified atom stereocenters. The average Bonchev–Trinajstić information content (AvgIpc) is 2.91. The number of carboxylic acids is 1. The molecule has 1 aliphatic rings. The van der Waals surface area contributed by atoms with Crippen LogP contribution in [0.5, 0.6) is 0 Å². The van der Waals surface area contributed by atoms with E-state index in [4.69, 9.17) is 5.11 Å². The Hall–Kier alpha value is -1.93. The zero-order valence-electron chi connectivity index (χ0n) is 16.6. The molecule has 0 bridgehead atoms. The van der Waals surface area contributed by atoms with Crippen LogP contribution in [0.2, 0.25) is 0 Å².